The van der Waals surface area contributed by atoms with E-state index < -0.39 is 0 Å². The van der Waals surface area contributed by atoms with Crippen LogP contribution in [0.4, 0.5) is 0 Å². The number of piperidine rings is 1. The zero-order valence-electron chi connectivity index (χ0n) is 10.1. The molecular weight excluding hydrogens is 234 g/mol. The highest BCUT2D eigenvalue weighted by Gasteiger charge is 2.27. The van der Waals surface area contributed by atoms with Crippen LogP contribution in [0.2, 0.25) is 0 Å². The number of furan rings is 1. The molecule has 0 aromatic carbocycles. The van der Waals surface area contributed by atoms with Gasteiger partial charge in [-0.05, 0) is 25.0 Å². The van der Waals surface area contributed by atoms with Crippen molar-refractivity contribution in [3.63, 3.8) is 0 Å². The molecule has 0 spiro atoms. The third-order valence-corrected chi connectivity index (χ3v) is 3.26. The number of likely N-dealkylation sites (tertiary alicyclic amines) is 1. The van der Waals surface area contributed by atoms with E-state index >= 15 is 0 Å². The minimum atomic E-state index is -0.287. The summed E-state index contributed by atoms with van der Waals surface area (Å²) in [6.45, 7) is 1.34. The second-order valence-electron chi connectivity index (χ2n) is 4.44. The Morgan fingerprint density at radius 1 is 1.33 bits per heavy atom. The van der Waals surface area contributed by atoms with Crippen LogP contribution in [0, 0.1) is 5.92 Å². The first-order valence-corrected chi connectivity index (χ1v) is 5.99. The summed E-state index contributed by atoms with van der Waals surface area (Å²) in [6.07, 6.45) is 1.23. The van der Waals surface area contributed by atoms with Gasteiger partial charge in [-0.2, -0.15) is 0 Å². The summed E-state index contributed by atoms with van der Waals surface area (Å²) in [4.78, 5) is 24.8. The fourth-order valence-electron chi connectivity index (χ4n) is 2.13. The van der Waals surface area contributed by atoms with Crippen LogP contribution in [-0.2, 0) is 11.3 Å². The van der Waals surface area contributed by atoms with Crippen molar-refractivity contribution in [3.8, 4) is 0 Å². The number of amides is 2. The molecule has 1 fully saturated rings. The van der Waals surface area contributed by atoms with Crippen LogP contribution in [0.15, 0.2) is 16.5 Å². The number of rotatable bonds is 3. The summed E-state index contributed by atoms with van der Waals surface area (Å²) in [5, 5.41) is 0. The number of primary amides is 1. The number of nitrogens with zero attached hydrogens (tertiary/aromatic N) is 1. The first-order valence-electron chi connectivity index (χ1n) is 5.99. The third kappa shape index (κ3) is 2.53. The monoisotopic (exact) mass is 251 g/mol. The highest BCUT2D eigenvalue weighted by Crippen LogP contribution is 2.19. The van der Waals surface area contributed by atoms with Crippen LogP contribution in [0.5, 0.6) is 0 Å². The van der Waals surface area contributed by atoms with E-state index in [1.807, 2.05) is 0 Å². The fourth-order valence-corrected chi connectivity index (χ4v) is 2.13. The molecule has 0 bridgehead atoms. The van der Waals surface area contributed by atoms with Crippen LogP contribution >= 0.6 is 0 Å². The van der Waals surface area contributed by atoms with E-state index in [-0.39, 0.29) is 24.3 Å². The van der Waals surface area contributed by atoms with Gasteiger partial charge in [0.05, 0.1) is 6.54 Å². The molecule has 2 rings (SSSR count). The minimum Gasteiger partial charge on any atom is -0.455 e. The second-order valence-corrected chi connectivity index (χ2v) is 4.44. The van der Waals surface area contributed by atoms with E-state index in [0.29, 0.717) is 37.5 Å². The van der Waals surface area contributed by atoms with Crippen LogP contribution in [0.3, 0.4) is 0 Å². The molecule has 2 heterocycles. The summed E-state index contributed by atoms with van der Waals surface area (Å²) >= 11 is 0. The summed E-state index contributed by atoms with van der Waals surface area (Å²) in [5.74, 6) is 0.326. The number of hydrogen-bond acceptors (Lipinski definition) is 4. The molecule has 6 nitrogen and oxygen atoms in total. The number of nitrogens with two attached hydrogens (primary N) is 2. The molecule has 4 N–H and O–H groups in total. The number of hydrogen-bond donors (Lipinski definition) is 2. The zero-order valence-corrected chi connectivity index (χ0v) is 10.1. The van der Waals surface area contributed by atoms with Gasteiger partial charge < -0.3 is 20.8 Å². The lowest BCUT2D eigenvalue weighted by atomic mass is 9.96. The molecule has 1 aromatic heterocycles. The quantitative estimate of drug-likeness (QED) is 0.793. The molecule has 2 amide bonds. The number of carbonyl (C=O) groups excluding carboxylic acids is 2. The SMILES string of the molecule is NCc1ccc(C(=O)N2CCC(C(N)=O)CC2)o1. The van der Waals surface area contributed by atoms with Crippen molar-refractivity contribution in [2.24, 2.45) is 17.4 Å². The standard InChI is InChI=1S/C12H17N3O3/c13-7-9-1-2-10(18-9)12(17)15-5-3-8(4-6-15)11(14)16/h1-2,8H,3-7,13H2,(H2,14,16). The molecule has 0 atom stereocenters. The van der Waals surface area contributed by atoms with Crippen molar-refractivity contribution < 1.29 is 14.0 Å². The summed E-state index contributed by atoms with van der Waals surface area (Å²) in [6, 6.07) is 3.33. The van der Waals surface area contributed by atoms with Crippen molar-refractivity contribution in [2.75, 3.05) is 13.1 Å². The normalized spacial score (nSPS) is 16.8. The summed E-state index contributed by atoms with van der Waals surface area (Å²) < 4.78 is 5.31. The Balaban J connectivity index is 1.97. The minimum absolute atomic E-state index is 0.120. The topological polar surface area (TPSA) is 103 Å². The fraction of sp³-hybridized carbons (Fsp3) is 0.500. The van der Waals surface area contributed by atoms with Gasteiger partial charge in [-0.1, -0.05) is 0 Å². The van der Waals surface area contributed by atoms with Crippen LogP contribution < -0.4 is 11.5 Å². The van der Waals surface area contributed by atoms with Gasteiger partial charge in [-0.15, -0.1) is 0 Å². The Labute approximate surface area is 105 Å². The van der Waals surface area contributed by atoms with Crippen molar-refractivity contribution in [3.05, 3.63) is 23.7 Å². The molecule has 6 heteroatoms. The zero-order chi connectivity index (χ0) is 13.1. The van der Waals surface area contributed by atoms with Crippen molar-refractivity contribution in [2.45, 2.75) is 19.4 Å². The van der Waals surface area contributed by atoms with Gasteiger partial charge in [-0.25, -0.2) is 0 Å². The molecule has 98 valence electrons. The van der Waals surface area contributed by atoms with Crippen molar-refractivity contribution >= 4 is 11.8 Å². The predicted molar refractivity (Wildman–Crippen MR) is 64.4 cm³/mol. The maximum atomic E-state index is 12.1. The van der Waals surface area contributed by atoms with E-state index in [0.717, 1.165) is 0 Å². The number of carbonyl (C=O) groups is 2. The van der Waals surface area contributed by atoms with Gasteiger partial charge in [0, 0.05) is 19.0 Å². The molecule has 1 aromatic rings. The Morgan fingerprint density at radius 3 is 2.50 bits per heavy atom. The average molecular weight is 251 g/mol. The van der Waals surface area contributed by atoms with E-state index in [2.05, 4.69) is 0 Å². The predicted octanol–water partition coefficient (Wildman–Crippen LogP) is 0.0758. The van der Waals surface area contributed by atoms with Gasteiger partial charge in [0.25, 0.3) is 5.91 Å². The van der Waals surface area contributed by atoms with E-state index in [9.17, 15) is 9.59 Å². The Morgan fingerprint density at radius 2 is 2.00 bits per heavy atom. The maximum absolute atomic E-state index is 12.1. The van der Waals surface area contributed by atoms with Crippen LogP contribution in [-0.4, -0.2) is 29.8 Å². The van der Waals surface area contributed by atoms with Gasteiger partial charge in [0.1, 0.15) is 5.76 Å². The van der Waals surface area contributed by atoms with E-state index in [1.54, 1.807) is 17.0 Å². The first-order chi connectivity index (χ1) is 8.61. The van der Waals surface area contributed by atoms with Crippen LogP contribution in [0.25, 0.3) is 0 Å². The van der Waals surface area contributed by atoms with Gasteiger partial charge in [-0.3, -0.25) is 9.59 Å². The van der Waals surface area contributed by atoms with Crippen molar-refractivity contribution in [1.29, 1.82) is 0 Å². The van der Waals surface area contributed by atoms with Gasteiger partial charge in [0.2, 0.25) is 5.91 Å². The smallest absolute Gasteiger partial charge is 0.289 e. The largest absolute Gasteiger partial charge is 0.455 e. The maximum Gasteiger partial charge on any atom is 0.289 e. The van der Waals surface area contributed by atoms with Gasteiger partial charge >= 0.3 is 0 Å². The lowest BCUT2D eigenvalue weighted by Crippen LogP contribution is -2.41. The Kier molecular flexibility index (Phi) is 3.66. The Bertz CT molecular complexity index is 447. The first kappa shape index (κ1) is 12.6. The highest BCUT2D eigenvalue weighted by atomic mass is 16.4. The summed E-state index contributed by atoms with van der Waals surface area (Å²) in [7, 11) is 0. The lowest BCUT2D eigenvalue weighted by molar-refractivity contribution is -0.123. The highest BCUT2D eigenvalue weighted by molar-refractivity contribution is 5.91. The molecule has 0 radical (unpaired) electrons. The molecule has 0 saturated carbocycles. The molecule has 1 aliphatic heterocycles. The van der Waals surface area contributed by atoms with Crippen LogP contribution in [0.1, 0.15) is 29.2 Å². The third-order valence-electron chi connectivity index (χ3n) is 3.26. The second kappa shape index (κ2) is 5.22. The molecule has 0 unspecified atom stereocenters. The molecule has 1 aliphatic rings. The van der Waals surface area contributed by atoms with Gasteiger partial charge in [0.15, 0.2) is 5.76 Å². The molecule has 1 saturated heterocycles. The molecule has 0 aliphatic carbocycles. The van der Waals surface area contributed by atoms with Crippen molar-refractivity contribution in [1.82, 2.24) is 4.90 Å². The lowest BCUT2D eigenvalue weighted by Gasteiger charge is -2.29. The molecular formula is C12H17N3O3. The Hall–Kier alpha value is -1.82. The molecule has 18 heavy (non-hydrogen) atoms. The van der Waals surface area contributed by atoms with E-state index in [4.69, 9.17) is 15.9 Å². The van der Waals surface area contributed by atoms with E-state index in [1.165, 1.54) is 0 Å². The average Bonchev–Trinajstić information content (AvgIpc) is 2.86. The summed E-state index contributed by atoms with van der Waals surface area (Å²) in [5.41, 5.74) is 10.7.